The summed E-state index contributed by atoms with van der Waals surface area (Å²) in [4.78, 5) is 0. The molecule has 0 unspecified atom stereocenters. The Hall–Kier alpha value is 0.0318. The zero-order valence-electron chi connectivity index (χ0n) is 18.3. The van der Waals surface area contributed by atoms with E-state index in [1.165, 1.54) is 38.8 Å². The van der Waals surface area contributed by atoms with E-state index in [1.54, 1.807) is 5.31 Å². The molecule has 0 aromatic heterocycles. The third-order valence-electron chi connectivity index (χ3n) is 6.99. The van der Waals surface area contributed by atoms with Gasteiger partial charge in [0.05, 0.1) is 0 Å². The van der Waals surface area contributed by atoms with Gasteiger partial charge in [-0.25, -0.2) is 0 Å². The first kappa shape index (κ1) is 21.7. The van der Waals surface area contributed by atoms with Gasteiger partial charge in [0.25, 0.3) is 0 Å². The van der Waals surface area contributed by atoms with E-state index < -0.39 is 15.5 Å². The van der Waals surface area contributed by atoms with Crippen molar-refractivity contribution in [3.63, 3.8) is 0 Å². The van der Waals surface area contributed by atoms with Gasteiger partial charge in [-0.3, -0.25) is 0 Å². The molecule has 27 heavy (non-hydrogen) atoms. The summed E-state index contributed by atoms with van der Waals surface area (Å²) in [5.41, 5.74) is 0.668. The van der Waals surface area contributed by atoms with Crippen LogP contribution in [0.25, 0.3) is 0 Å². The molecule has 1 aliphatic carbocycles. The summed E-state index contributed by atoms with van der Waals surface area (Å²) in [6.07, 6.45) is 12.5. The Morgan fingerprint density at radius 1 is 1.04 bits per heavy atom. The summed E-state index contributed by atoms with van der Waals surface area (Å²) < 4.78 is 17.1. The molecule has 0 aromatic carbocycles. The van der Waals surface area contributed by atoms with Gasteiger partial charge in [-0.15, -0.1) is 0 Å². The van der Waals surface area contributed by atoms with Crippen molar-refractivity contribution < 1.29 is 9.47 Å². The van der Waals surface area contributed by atoms with E-state index >= 15 is 0 Å². The average molecular weight is 410 g/mol. The predicted octanol–water partition coefficient (Wildman–Crippen LogP) is 3.50. The molecule has 3 atom stereocenters. The van der Waals surface area contributed by atoms with Crippen molar-refractivity contribution in [2.24, 2.45) is 0 Å². The molecule has 2 aliphatic heterocycles. The standard InChI is InChI=1S/C20H40BN2O2PSi/c1-24-15-17-9-7-13-22(17)26(21,23-14-8-10-18(23)16-25-2)19-11-6-12-20(19)27(3,4)5/h6,11-12,17-18,20,26H,7-10,13-16,21H2,1-5H3/t17-,18-,20+/m0/s1. The Labute approximate surface area is 169 Å². The third kappa shape index (κ3) is 4.17. The number of hydrogen-bond acceptors (Lipinski definition) is 4. The number of allylic oxidation sites excluding steroid dienone is 4. The second-order valence-electron chi connectivity index (χ2n) is 9.76. The number of methoxy groups -OCH3 is 2. The topological polar surface area (TPSA) is 24.9 Å². The summed E-state index contributed by atoms with van der Waals surface area (Å²) in [6.45, 7) is 11.8. The summed E-state index contributed by atoms with van der Waals surface area (Å²) in [5.74, 6) is 0. The van der Waals surface area contributed by atoms with E-state index in [1.807, 2.05) is 14.2 Å². The second kappa shape index (κ2) is 8.81. The molecular formula is C20H40BN2O2PSi. The quantitative estimate of drug-likeness (QED) is 0.452. The van der Waals surface area contributed by atoms with Crippen LogP contribution in [0.5, 0.6) is 0 Å². The summed E-state index contributed by atoms with van der Waals surface area (Å²) >= 11 is 0. The number of hydrogen-bond donors (Lipinski definition) is 0. The first-order chi connectivity index (χ1) is 12.8. The van der Waals surface area contributed by atoms with Crippen LogP contribution >= 0.6 is 7.44 Å². The van der Waals surface area contributed by atoms with E-state index in [0.717, 1.165) is 13.2 Å². The van der Waals surface area contributed by atoms with Crippen molar-refractivity contribution in [2.45, 2.75) is 62.9 Å². The van der Waals surface area contributed by atoms with Gasteiger partial charge in [0.1, 0.15) is 0 Å². The van der Waals surface area contributed by atoms with E-state index in [9.17, 15) is 0 Å². The Bertz CT molecular complexity index is 557. The molecule has 2 fully saturated rings. The van der Waals surface area contributed by atoms with Crippen LogP contribution < -0.4 is 0 Å². The predicted molar refractivity (Wildman–Crippen MR) is 124 cm³/mol. The van der Waals surface area contributed by atoms with Crippen LogP contribution in [0.4, 0.5) is 0 Å². The Morgan fingerprint density at radius 3 is 2.00 bits per heavy atom. The van der Waals surface area contributed by atoms with Crippen LogP contribution in [0.1, 0.15) is 25.7 Å². The van der Waals surface area contributed by atoms with Crippen LogP contribution in [0.15, 0.2) is 23.5 Å². The molecular weight excluding hydrogens is 370 g/mol. The van der Waals surface area contributed by atoms with Gasteiger partial charge in [0.2, 0.25) is 0 Å². The van der Waals surface area contributed by atoms with Crippen molar-refractivity contribution in [2.75, 3.05) is 40.5 Å². The number of rotatable bonds is 8. The maximum atomic E-state index is 5.66. The van der Waals surface area contributed by atoms with Gasteiger partial charge in [0.15, 0.2) is 0 Å². The molecule has 0 aromatic rings. The van der Waals surface area contributed by atoms with Gasteiger partial charge in [-0.2, -0.15) is 0 Å². The monoisotopic (exact) mass is 410 g/mol. The Kier molecular flexibility index (Phi) is 7.09. The fourth-order valence-electron chi connectivity index (χ4n) is 5.73. The minimum atomic E-state index is -1.98. The first-order valence-electron chi connectivity index (χ1n) is 10.7. The van der Waals surface area contributed by atoms with Crippen LogP contribution in [0.3, 0.4) is 0 Å². The maximum absolute atomic E-state index is 5.66. The van der Waals surface area contributed by atoms with Crippen LogP contribution in [-0.2, 0) is 9.47 Å². The van der Waals surface area contributed by atoms with Crippen LogP contribution in [0, 0.1) is 0 Å². The second-order valence-corrected chi connectivity index (χ2v) is 18.9. The molecule has 3 rings (SSSR count). The molecule has 0 saturated carbocycles. The summed E-state index contributed by atoms with van der Waals surface area (Å²) in [6, 6.07) is 1.14. The van der Waals surface area contributed by atoms with E-state index in [-0.39, 0.29) is 0 Å². The van der Waals surface area contributed by atoms with E-state index in [2.05, 4.69) is 54.8 Å². The number of ether oxygens (including phenoxy) is 2. The molecule has 0 spiro atoms. The molecule has 154 valence electrons. The fourth-order valence-corrected chi connectivity index (χ4v) is 14.7. The van der Waals surface area contributed by atoms with Gasteiger partial charge >= 0.3 is 169 Å². The molecule has 0 N–H and O–H groups in total. The molecule has 3 aliphatic rings. The van der Waals surface area contributed by atoms with E-state index in [4.69, 9.17) is 9.47 Å². The molecule has 2 heterocycles. The molecule has 0 bridgehead atoms. The average Bonchev–Trinajstić information content (AvgIpc) is 3.35. The van der Waals surface area contributed by atoms with Gasteiger partial charge in [0, 0.05) is 0 Å². The molecule has 4 nitrogen and oxygen atoms in total. The van der Waals surface area contributed by atoms with Crippen molar-refractivity contribution >= 4 is 23.1 Å². The Morgan fingerprint density at radius 2 is 1.56 bits per heavy atom. The Balaban J connectivity index is 2.01. The van der Waals surface area contributed by atoms with Crippen LogP contribution in [-0.4, -0.2) is 77.6 Å². The zero-order chi connectivity index (χ0) is 19.7. The van der Waals surface area contributed by atoms with E-state index in [0.29, 0.717) is 17.6 Å². The van der Waals surface area contributed by atoms with Crippen molar-refractivity contribution in [3.8, 4) is 0 Å². The normalized spacial score (nSPS) is 31.0. The number of nitrogens with zero attached hydrogens (tertiary/aromatic N) is 2. The SMILES string of the molecule is B[PH](C1=CC=C[C@H]1[Si](C)(C)C)(N1CCC[C@H]1COC)N1CCC[C@H]1COC. The zero-order valence-corrected chi connectivity index (χ0v) is 20.3. The van der Waals surface area contributed by atoms with Gasteiger partial charge in [-0.1, -0.05) is 0 Å². The first-order valence-corrected chi connectivity index (χ1v) is 16.7. The summed E-state index contributed by atoms with van der Waals surface area (Å²) in [5, 5.41) is 1.76. The minimum absolute atomic E-state index is 0.569. The van der Waals surface area contributed by atoms with Crippen molar-refractivity contribution in [3.05, 3.63) is 23.5 Å². The summed E-state index contributed by atoms with van der Waals surface area (Å²) in [7, 11) is 3.06. The van der Waals surface area contributed by atoms with Crippen molar-refractivity contribution in [1.82, 2.24) is 9.34 Å². The van der Waals surface area contributed by atoms with Crippen molar-refractivity contribution in [1.29, 1.82) is 0 Å². The van der Waals surface area contributed by atoms with Gasteiger partial charge in [-0.05, 0) is 0 Å². The molecule has 2 saturated heterocycles. The van der Waals surface area contributed by atoms with Gasteiger partial charge < -0.3 is 0 Å². The molecule has 0 radical (unpaired) electrons. The molecule has 7 heteroatoms. The van der Waals surface area contributed by atoms with Crippen LogP contribution in [0.2, 0.25) is 25.2 Å². The third-order valence-corrected chi connectivity index (χ3v) is 14.6. The molecule has 0 amide bonds. The fraction of sp³-hybridized carbons (Fsp3) is 0.800.